The highest BCUT2D eigenvalue weighted by molar-refractivity contribution is 8.01. The number of alkyl halides is 4. The number of nitrogens with zero attached hydrogens (tertiary/aromatic N) is 6. The Morgan fingerprint density at radius 2 is 1.79 bits per heavy atom. The molecule has 6 aromatic rings. The minimum Gasteiger partial charge on any atom is -0.344 e. The summed E-state index contributed by atoms with van der Waals surface area (Å²) < 4.78 is 107. The Bertz CT molecular complexity index is 3020. The number of benzene rings is 3. The van der Waals surface area contributed by atoms with Gasteiger partial charge >= 0.3 is 0 Å². The highest BCUT2D eigenvalue weighted by Gasteiger charge is 2.67. The molecule has 0 aliphatic heterocycles. The van der Waals surface area contributed by atoms with Crippen LogP contribution in [0.1, 0.15) is 90.3 Å². The fourth-order valence-corrected chi connectivity index (χ4v) is 9.94. The lowest BCUT2D eigenvalue weighted by Gasteiger charge is -2.24. The predicted molar refractivity (Wildman–Crippen MR) is 214 cm³/mol. The topological polar surface area (TPSA) is 146 Å². The number of carbonyl (C=O) groups excluding carboxylic acids is 2. The lowest BCUT2D eigenvalue weighted by Crippen LogP contribution is -2.38. The molecule has 3 unspecified atom stereocenters. The van der Waals surface area contributed by atoms with E-state index >= 15 is 8.78 Å². The van der Waals surface area contributed by atoms with E-state index in [0.29, 0.717) is 10.7 Å². The maximum Gasteiger partial charge on any atom is 0.293 e. The summed E-state index contributed by atoms with van der Waals surface area (Å²) in [6.45, 7) is -0.951. The Morgan fingerprint density at radius 1 is 1.07 bits per heavy atom. The number of nitrogens with one attached hydrogen (secondary N) is 2. The number of amides is 1. The van der Waals surface area contributed by atoms with Gasteiger partial charge in [-0.05, 0) is 78.6 Å². The molecular formula is C41H35ClF6N8O4S. The maximum atomic E-state index is 15.5. The maximum absolute atomic E-state index is 15.5. The van der Waals surface area contributed by atoms with E-state index < -0.39 is 87.4 Å². The molecule has 4 atom stereocenters. The van der Waals surface area contributed by atoms with Crippen molar-refractivity contribution in [3.8, 4) is 5.69 Å². The van der Waals surface area contributed by atoms with Crippen LogP contribution in [-0.2, 0) is 45.2 Å². The van der Waals surface area contributed by atoms with Crippen molar-refractivity contribution in [2.45, 2.75) is 75.3 Å². The third-order valence-electron chi connectivity index (χ3n) is 11.8. The molecule has 61 heavy (non-hydrogen) atoms. The summed E-state index contributed by atoms with van der Waals surface area (Å²) in [7, 11) is -1.94. The summed E-state index contributed by atoms with van der Waals surface area (Å²) in [4.78, 5) is 45.6. The van der Waals surface area contributed by atoms with Crippen LogP contribution < -0.4 is 15.6 Å². The van der Waals surface area contributed by atoms with Gasteiger partial charge in [-0.15, -0.1) is 0 Å². The summed E-state index contributed by atoms with van der Waals surface area (Å²) in [6, 6.07) is 9.33. The minimum absolute atomic E-state index is 0.00563. The van der Waals surface area contributed by atoms with Crippen molar-refractivity contribution < 1.29 is 40.1 Å². The van der Waals surface area contributed by atoms with Crippen LogP contribution in [0.3, 0.4) is 0 Å². The fourth-order valence-electron chi connectivity index (χ4n) is 9.14. The van der Waals surface area contributed by atoms with Gasteiger partial charge in [-0.2, -0.15) is 19.0 Å². The van der Waals surface area contributed by atoms with Gasteiger partial charge in [-0.25, -0.2) is 31.5 Å². The number of rotatable bonds is 11. The van der Waals surface area contributed by atoms with Gasteiger partial charge in [0.25, 0.3) is 17.9 Å². The first-order valence-electron chi connectivity index (χ1n) is 19.3. The van der Waals surface area contributed by atoms with Gasteiger partial charge in [0.1, 0.15) is 45.1 Å². The van der Waals surface area contributed by atoms with Gasteiger partial charge in [0, 0.05) is 37.3 Å². The number of aromatic nitrogens is 6. The number of carbonyl (C=O) groups is 1. The first-order chi connectivity index (χ1) is 28.9. The average molecular weight is 885 g/mol. The zero-order chi connectivity index (χ0) is 43.3. The van der Waals surface area contributed by atoms with Crippen LogP contribution in [0.5, 0.6) is 0 Å². The van der Waals surface area contributed by atoms with E-state index in [0.717, 1.165) is 54.2 Å². The van der Waals surface area contributed by atoms with Crippen molar-refractivity contribution in [1.82, 2.24) is 34.4 Å². The second-order valence-corrected chi connectivity index (χ2v) is 18.4. The van der Waals surface area contributed by atoms with Crippen LogP contribution in [0.2, 0.25) is 5.02 Å². The lowest BCUT2D eigenvalue weighted by molar-refractivity contribution is -0.123. The smallest absolute Gasteiger partial charge is 0.293 e. The summed E-state index contributed by atoms with van der Waals surface area (Å²) in [6.07, 6.45) is 1.36. The molecule has 0 spiro atoms. The van der Waals surface area contributed by atoms with Crippen molar-refractivity contribution in [2.75, 3.05) is 11.0 Å². The van der Waals surface area contributed by atoms with Gasteiger partial charge in [0.05, 0.1) is 38.6 Å². The SMILES string of the molecule is Cn1nc(NS(C)(=O)=C=O)c2c(Cl)ccc(-n3c([C@H](Cc4cc(F)cc(F)c4)NC(=O)Cn4nc(C(F)F)c5c4C(F)(F)C4CC54)nc4cc(C5CCCC5)ccc4c3=O)c21. The first-order valence-corrected chi connectivity index (χ1v) is 21.7. The molecule has 3 aromatic carbocycles. The number of anilines is 1. The zero-order valence-corrected chi connectivity index (χ0v) is 33.9. The molecule has 12 nitrogen and oxygen atoms in total. The number of fused-ring (bicyclic) bond motifs is 5. The fraction of sp³-hybridized carbons (Fsp3) is 0.366. The molecule has 3 heterocycles. The molecule has 2 N–H and O–H groups in total. The minimum atomic E-state index is -3.53. The molecule has 1 amide bonds. The zero-order valence-electron chi connectivity index (χ0n) is 32.3. The summed E-state index contributed by atoms with van der Waals surface area (Å²) >= 11 is 6.68. The van der Waals surface area contributed by atoms with Crippen molar-refractivity contribution in [3.63, 3.8) is 0 Å². The molecule has 0 saturated heterocycles. The van der Waals surface area contributed by atoms with E-state index in [1.165, 1.54) is 29.1 Å². The van der Waals surface area contributed by atoms with E-state index in [1.54, 1.807) is 12.1 Å². The molecule has 2 saturated carbocycles. The normalized spacial score (nSPS) is 19.5. The largest absolute Gasteiger partial charge is 0.344 e. The Kier molecular flexibility index (Phi) is 9.86. The van der Waals surface area contributed by atoms with Crippen LogP contribution in [0.4, 0.5) is 32.2 Å². The van der Waals surface area contributed by atoms with E-state index in [4.69, 9.17) is 16.6 Å². The Morgan fingerprint density at radius 3 is 2.48 bits per heavy atom. The monoisotopic (exact) mass is 884 g/mol. The average Bonchev–Trinajstić information content (AvgIpc) is 3.43. The molecule has 9 rings (SSSR count). The number of hydrogen-bond acceptors (Lipinski definition) is 7. The van der Waals surface area contributed by atoms with Crippen LogP contribution >= 0.6 is 11.6 Å². The van der Waals surface area contributed by atoms with Crippen LogP contribution in [0.15, 0.2) is 53.3 Å². The Balaban J connectivity index is 1.25. The highest BCUT2D eigenvalue weighted by atomic mass is 35.5. The van der Waals surface area contributed by atoms with E-state index in [1.807, 2.05) is 6.07 Å². The molecule has 3 aliphatic rings. The summed E-state index contributed by atoms with van der Waals surface area (Å²) in [5, 5.41) is 12.6. The Labute approximate surface area is 348 Å². The first kappa shape index (κ1) is 40.7. The molecular weight excluding hydrogens is 850 g/mol. The van der Waals surface area contributed by atoms with Crippen molar-refractivity contribution in [2.24, 2.45) is 13.0 Å². The molecule has 0 bridgehead atoms. The number of hydrogen-bond donors (Lipinski definition) is 2. The number of halogens is 7. The van der Waals surface area contributed by atoms with Crippen molar-refractivity contribution >= 4 is 60.1 Å². The third kappa shape index (κ3) is 7.05. The standard InChI is InChI=1S/C41H35ClF6N8O4S/c1-54-35-30(10-9-27(42)33(35)38(52-54)53-61(2,60)18-57)56-39(50-28-14-21(20-5-3-4-6-20)7-8-24(28)40(56)59)29(13-19-11-22(43)15-23(44)12-19)49-31(58)17-55-36-32(34(51-55)37(45)46)25-16-26(25)41(36,47)48/h7-12,14-15,20,25-26,29,37H,3-6,13,16-17H2,1-2H3,(H,49,58)(H,52,53,60)/t25?,26?,29-,61?/m0/s1. The molecule has 20 heteroatoms. The third-order valence-corrected chi connectivity index (χ3v) is 13.0. The van der Waals surface area contributed by atoms with E-state index in [2.05, 4.69) is 20.2 Å². The number of aryl methyl sites for hydroxylation is 1. The van der Waals surface area contributed by atoms with E-state index in [-0.39, 0.29) is 67.6 Å². The molecule has 3 aromatic heterocycles. The summed E-state index contributed by atoms with van der Waals surface area (Å²) in [5.41, 5.74) is -1.14. The Hall–Kier alpha value is -5.65. The van der Waals surface area contributed by atoms with Gasteiger partial charge in [-0.1, -0.05) is 30.5 Å². The van der Waals surface area contributed by atoms with Crippen molar-refractivity contribution in [1.29, 1.82) is 0 Å². The van der Waals surface area contributed by atoms with Crippen LogP contribution in [-0.4, -0.2) is 50.7 Å². The molecule has 3 aliphatic carbocycles. The van der Waals surface area contributed by atoms with Crippen LogP contribution in [0.25, 0.3) is 27.5 Å². The predicted octanol–water partition coefficient (Wildman–Crippen LogP) is 7.61. The van der Waals surface area contributed by atoms with Gasteiger partial charge < -0.3 is 5.32 Å². The lowest BCUT2D eigenvalue weighted by atomic mass is 9.96. The van der Waals surface area contributed by atoms with Crippen molar-refractivity contribution in [3.05, 3.63) is 109 Å². The van der Waals surface area contributed by atoms with Gasteiger partial charge in [0.15, 0.2) is 5.82 Å². The molecule has 318 valence electrons. The summed E-state index contributed by atoms with van der Waals surface area (Å²) in [5.74, 6) is -8.52. The van der Waals surface area contributed by atoms with Gasteiger partial charge in [0.2, 0.25) is 11.1 Å². The second kappa shape index (κ2) is 14.8. The molecule has 2 fully saturated rings. The quantitative estimate of drug-likeness (QED) is 0.101. The second-order valence-electron chi connectivity index (χ2n) is 15.9. The molecule has 0 radical (unpaired) electrons. The van der Waals surface area contributed by atoms with Gasteiger partial charge in [-0.3, -0.25) is 28.2 Å². The van der Waals surface area contributed by atoms with Crippen LogP contribution in [0, 0.1) is 17.6 Å². The highest BCUT2D eigenvalue weighted by Crippen LogP contribution is 2.68. The van der Waals surface area contributed by atoms with E-state index in [9.17, 15) is 36.2 Å².